The average molecular weight is 256 g/mol. The van der Waals surface area contributed by atoms with Gasteiger partial charge in [0.1, 0.15) is 6.33 Å². The molecular weight excluding hydrogens is 244 g/mol. The van der Waals surface area contributed by atoms with E-state index in [-0.39, 0.29) is 4.87 Å². The monoisotopic (exact) mass is 256 g/mol. The van der Waals surface area contributed by atoms with Crippen LogP contribution >= 0.6 is 23.1 Å². The van der Waals surface area contributed by atoms with Gasteiger partial charge in [0.25, 0.3) is 0 Å². The summed E-state index contributed by atoms with van der Waals surface area (Å²) < 4.78 is 3.65. The molecule has 0 atom stereocenters. The van der Waals surface area contributed by atoms with E-state index in [9.17, 15) is 4.79 Å². The molecule has 0 amide bonds. The van der Waals surface area contributed by atoms with Crippen molar-refractivity contribution in [3.05, 3.63) is 27.1 Å². The molecule has 0 aromatic carbocycles. The van der Waals surface area contributed by atoms with Crippen LogP contribution in [-0.4, -0.2) is 25.1 Å². The Bertz CT molecular complexity index is 528. The third-order valence-corrected chi connectivity index (χ3v) is 4.09. The van der Waals surface area contributed by atoms with Gasteiger partial charge in [-0.05, 0) is 6.92 Å². The van der Waals surface area contributed by atoms with Crippen molar-refractivity contribution in [3.8, 4) is 0 Å². The predicted molar refractivity (Wildman–Crippen MR) is 65.0 cm³/mol. The minimum absolute atomic E-state index is 0.107. The number of aryl methyl sites for hydroxylation is 2. The number of rotatable bonds is 4. The first-order valence-corrected chi connectivity index (χ1v) is 6.66. The van der Waals surface area contributed by atoms with Crippen molar-refractivity contribution in [1.82, 2.24) is 19.3 Å². The molecule has 0 spiro atoms. The highest BCUT2D eigenvalue weighted by molar-refractivity contribution is 7.99. The molecule has 7 heteroatoms. The Morgan fingerprint density at radius 2 is 2.38 bits per heavy atom. The molecular formula is C9H12N4OS2. The second kappa shape index (κ2) is 4.84. The van der Waals surface area contributed by atoms with Gasteiger partial charge in [-0.1, -0.05) is 23.1 Å². The fraction of sp³-hybridized carbons (Fsp3) is 0.444. The Labute approximate surface area is 101 Å². The maximum atomic E-state index is 11.4. The van der Waals surface area contributed by atoms with Gasteiger partial charge in [0.2, 0.25) is 0 Å². The van der Waals surface area contributed by atoms with Gasteiger partial charge in [0.15, 0.2) is 5.16 Å². The van der Waals surface area contributed by atoms with E-state index in [1.165, 1.54) is 11.3 Å². The van der Waals surface area contributed by atoms with Crippen molar-refractivity contribution >= 4 is 23.1 Å². The SMILES string of the molecule is Cc1csc(=O)n1CCSc1nncn1C. The molecule has 0 saturated heterocycles. The minimum atomic E-state index is 0.107. The summed E-state index contributed by atoms with van der Waals surface area (Å²) in [6.45, 7) is 2.66. The molecule has 0 radical (unpaired) electrons. The summed E-state index contributed by atoms with van der Waals surface area (Å²) in [5, 5.41) is 10.5. The van der Waals surface area contributed by atoms with Crippen molar-refractivity contribution in [2.75, 3.05) is 5.75 Å². The Kier molecular flexibility index (Phi) is 3.45. The van der Waals surface area contributed by atoms with Crippen LogP contribution in [0.2, 0.25) is 0 Å². The van der Waals surface area contributed by atoms with E-state index in [4.69, 9.17) is 0 Å². The largest absolute Gasteiger partial charge is 0.312 e. The molecule has 5 nitrogen and oxygen atoms in total. The van der Waals surface area contributed by atoms with Crippen molar-refractivity contribution in [3.63, 3.8) is 0 Å². The third-order valence-electron chi connectivity index (χ3n) is 2.19. The van der Waals surface area contributed by atoms with Gasteiger partial charge in [0, 0.05) is 30.4 Å². The Balaban J connectivity index is 1.94. The van der Waals surface area contributed by atoms with Crippen molar-refractivity contribution < 1.29 is 0 Å². The Morgan fingerprint density at radius 3 is 2.94 bits per heavy atom. The maximum absolute atomic E-state index is 11.4. The van der Waals surface area contributed by atoms with E-state index >= 15 is 0 Å². The number of nitrogens with zero attached hydrogens (tertiary/aromatic N) is 4. The molecule has 0 aliphatic heterocycles. The molecule has 0 bridgehead atoms. The summed E-state index contributed by atoms with van der Waals surface area (Å²) in [5.74, 6) is 0.823. The molecule has 16 heavy (non-hydrogen) atoms. The first-order chi connectivity index (χ1) is 7.68. The number of hydrogen-bond donors (Lipinski definition) is 0. The topological polar surface area (TPSA) is 52.7 Å². The van der Waals surface area contributed by atoms with Crippen LogP contribution in [0.25, 0.3) is 0 Å². The zero-order valence-electron chi connectivity index (χ0n) is 9.08. The number of thioether (sulfide) groups is 1. The fourth-order valence-electron chi connectivity index (χ4n) is 1.31. The van der Waals surface area contributed by atoms with Crippen LogP contribution in [0.3, 0.4) is 0 Å². The molecule has 0 unspecified atom stereocenters. The predicted octanol–water partition coefficient (Wildman–Crippen LogP) is 1.14. The standard InChI is InChI=1S/C9H12N4OS2/c1-7-5-16-9(14)13(7)3-4-15-8-11-10-6-12(8)2/h5-6H,3-4H2,1-2H3. The van der Waals surface area contributed by atoms with Crippen LogP contribution in [-0.2, 0) is 13.6 Å². The molecule has 0 aliphatic rings. The van der Waals surface area contributed by atoms with E-state index < -0.39 is 0 Å². The van der Waals surface area contributed by atoms with Gasteiger partial charge in [-0.25, -0.2) is 0 Å². The first kappa shape index (κ1) is 11.4. The molecule has 0 saturated carbocycles. The lowest BCUT2D eigenvalue weighted by molar-refractivity contribution is 0.726. The highest BCUT2D eigenvalue weighted by Crippen LogP contribution is 2.13. The lowest BCUT2D eigenvalue weighted by atomic mass is 10.5. The number of hydrogen-bond acceptors (Lipinski definition) is 5. The molecule has 2 aromatic rings. The Morgan fingerprint density at radius 1 is 1.56 bits per heavy atom. The molecule has 2 heterocycles. The van der Waals surface area contributed by atoms with Gasteiger partial charge in [-0.2, -0.15) is 0 Å². The molecule has 0 aliphatic carbocycles. The van der Waals surface area contributed by atoms with Gasteiger partial charge in [-0.3, -0.25) is 4.79 Å². The molecule has 2 aromatic heterocycles. The van der Waals surface area contributed by atoms with E-state index in [0.717, 1.165) is 16.6 Å². The molecule has 2 rings (SSSR count). The minimum Gasteiger partial charge on any atom is -0.312 e. The second-order valence-corrected chi connectivity index (χ2v) is 5.25. The van der Waals surface area contributed by atoms with Crippen LogP contribution < -0.4 is 4.87 Å². The maximum Gasteiger partial charge on any atom is 0.307 e. The van der Waals surface area contributed by atoms with E-state index in [1.807, 2.05) is 23.9 Å². The molecule has 0 N–H and O–H groups in total. The first-order valence-electron chi connectivity index (χ1n) is 4.80. The highest BCUT2D eigenvalue weighted by atomic mass is 32.2. The lowest BCUT2D eigenvalue weighted by Crippen LogP contribution is -2.15. The van der Waals surface area contributed by atoms with Crippen molar-refractivity contribution in [2.24, 2.45) is 7.05 Å². The Hall–Kier alpha value is -1.08. The average Bonchev–Trinajstić information content (AvgIpc) is 2.79. The summed E-state index contributed by atoms with van der Waals surface area (Å²) >= 11 is 2.85. The van der Waals surface area contributed by atoms with Crippen molar-refractivity contribution in [2.45, 2.75) is 18.6 Å². The van der Waals surface area contributed by atoms with Crippen LogP contribution in [0.5, 0.6) is 0 Å². The van der Waals surface area contributed by atoms with Gasteiger partial charge in [0.05, 0.1) is 0 Å². The van der Waals surface area contributed by atoms with Gasteiger partial charge < -0.3 is 9.13 Å². The summed E-state index contributed by atoms with van der Waals surface area (Å²) in [6.07, 6.45) is 1.67. The lowest BCUT2D eigenvalue weighted by Gasteiger charge is -2.03. The normalized spacial score (nSPS) is 10.9. The summed E-state index contributed by atoms with van der Waals surface area (Å²) in [7, 11) is 1.91. The molecule has 0 fully saturated rings. The zero-order valence-corrected chi connectivity index (χ0v) is 10.7. The van der Waals surface area contributed by atoms with Crippen LogP contribution in [0.4, 0.5) is 0 Å². The smallest absolute Gasteiger partial charge is 0.307 e. The highest BCUT2D eigenvalue weighted by Gasteiger charge is 2.04. The quantitative estimate of drug-likeness (QED) is 0.770. The van der Waals surface area contributed by atoms with Gasteiger partial charge >= 0.3 is 4.87 Å². The van der Waals surface area contributed by atoms with Gasteiger partial charge in [-0.15, -0.1) is 10.2 Å². The van der Waals surface area contributed by atoms with E-state index in [2.05, 4.69) is 10.2 Å². The third kappa shape index (κ3) is 2.35. The van der Waals surface area contributed by atoms with E-state index in [0.29, 0.717) is 6.54 Å². The second-order valence-electron chi connectivity index (χ2n) is 3.37. The zero-order chi connectivity index (χ0) is 11.5. The fourth-order valence-corrected chi connectivity index (χ4v) is 2.88. The van der Waals surface area contributed by atoms with Crippen LogP contribution in [0.15, 0.2) is 21.7 Å². The molecule has 86 valence electrons. The number of thiazole rings is 1. The summed E-state index contributed by atoms with van der Waals surface area (Å²) in [6, 6.07) is 0. The van der Waals surface area contributed by atoms with Crippen molar-refractivity contribution in [1.29, 1.82) is 0 Å². The summed E-state index contributed by atoms with van der Waals surface area (Å²) in [5.41, 5.74) is 1.02. The van der Waals surface area contributed by atoms with Crippen LogP contribution in [0.1, 0.15) is 5.69 Å². The van der Waals surface area contributed by atoms with Crippen LogP contribution in [0, 0.1) is 6.92 Å². The number of aromatic nitrogens is 4. The summed E-state index contributed by atoms with van der Waals surface area (Å²) in [4.78, 5) is 11.5. The van der Waals surface area contributed by atoms with E-state index in [1.54, 1.807) is 22.7 Å².